The van der Waals surface area contributed by atoms with Gasteiger partial charge in [-0.1, -0.05) is 51.1 Å². The molecule has 0 atom stereocenters. The lowest BCUT2D eigenvalue weighted by Gasteiger charge is -2.23. The number of anilines is 4. The molecule has 6 nitrogen and oxygen atoms in total. The Hall–Kier alpha value is -3.41. The summed E-state index contributed by atoms with van der Waals surface area (Å²) in [6.45, 7) is 6.49. The Morgan fingerprint density at radius 2 is 1.61 bits per heavy atom. The van der Waals surface area contributed by atoms with Crippen LogP contribution >= 0.6 is 0 Å². The molecule has 0 spiro atoms. The van der Waals surface area contributed by atoms with E-state index in [9.17, 15) is 4.79 Å². The smallest absolute Gasteiger partial charge is 0.339 e. The van der Waals surface area contributed by atoms with E-state index in [0.717, 1.165) is 5.69 Å². The number of para-hydroxylation sites is 2. The highest BCUT2D eigenvalue weighted by Crippen LogP contribution is 2.30. The second-order valence-electron chi connectivity index (χ2n) is 7.35. The normalized spacial score (nSPS) is 11.0. The van der Waals surface area contributed by atoms with Crippen LogP contribution in [0.3, 0.4) is 0 Å². The van der Waals surface area contributed by atoms with Crippen molar-refractivity contribution in [1.82, 2.24) is 9.97 Å². The minimum atomic E-state index is -0.408. The average molecular weight is 376 g/mol. The fourth-order valence-corrected chi connectivity index (χ4v) is 2.87. The first kappa shape index (κ1) is 19.4. The fourth-order valence-electron chi connectivity index (χ4n) is 2.87. The topological polar surface area (TPSA) is 76.1 Å². The van der Waals surface area contributed by atoms with Crippen molar-refractivity contribution in [2.75, 3.05) is 17.7 Å². The van der Waals surface area contributed by atoms with Gasteiger partial charge in [-0.05, 0) is 35.2 Å². The van der Waals surface area contributed by atoms with Gasteiger partial charge in [-0.3, -0.25) is 0 Å². The number of ether oxygens (including phenoxy) is 1. The molecule has 2 N–H and O–H groups in total. The molecule has 144 valence electrons. The second-order valence-corrected chi connectivity index (χ2v) is 7.35. The van der Waals surface area contributed by atoms with Crippen molar-refractivity contribution in [3.05, 3.63) is 71.9 Å². The highest BCUT2D eigenvalue weighted by molar-refractivity contribution is 5.96. The predicted octanol–water partition coefficient (Wildman–Crippen LogP) is 5.05. The molecule has 0 aliphatic rings. The Bertz CT molecular complexity index is 980. The number of hydrogen-bond donors (Lipinski definition) is 2. The van der Waals surface area contributed by atoms with Crippen molar-refractivity contribution < 1.29 is 9.53 Å². The van der Waals surface area contributed by atoms with Crippen molar-refractivity contribution in [2.45, 2.75) is 26.2 Å². The molecule has 6 heteroatoms. The summed E-state index contributed by atoms with van der Waals surface area (Å²) < 4.78 is 4.84. The summed E-state index contributed by atoms with van der Waals surface area (Å²) in [4.78, 5) is 20.8. The summed E-state index contributed by atoms with van der Waals surface area (Å²) in [6.07, 6.45) is 1.66. The lowest BCUT2D eigenvalue weighted by molar-refractivity contribution is 0.0602. The molecule has 0 aliphatic carbocycles. The van der Waals surface area contributed by atoms with E-state index in [1.165, 1.54) is 12.7 Å². The summed E-state index contributed by atoms with van der Waals surface area (Å²) in [6, 6.07) is 17.0. The molecule has 0 saturated heterocycles. The maximum atomic E-state index is 12.0. The zero-order chi connectivity index (χ0) is 20.1. The first-order valence-electron chi connectivity index (χ1n) is 9.02. The van der Waals surface area contributed by atoms with Gasteiger partial charge >= 0.3 is 5.97 Å². The van der Waals surface area contributed by atoms with Crippen LogP contribution in [-0.2, 0) is 10.2 Å². The van der Waals surface area contributed by atoms with E-state index in [2.05, 4.69) is 47.4 Å². The Balaban J connectivity index is 1.86. The maximum absolute atomic E-state index is 12.0. The van der Waals surface area contributed by atoms with Crippen molar-refractivity contribution in [3.8, 4) is 0 Å². The zero-order valence-electron chi connectivity index (χ0n) is 16.5. The van der Waals surface area contributed by atoms with Gasteiger partial charge in [0, 0.05) is 11.9 Å². The second kappa shape index (κ2) is 8.08. The first-order chi connectivity index (χ1) is 13.4. The molecule has 28 heavy (non-hydrogen) atoms. The highest BCUT2D eigenvalue weighted by atomic mass is 16.5. The van der Waals surface area contributed by atoms with Crippen LogP contribution in [0.1, 0.15) is 36.7 Å². The molecule has 0 amide bonds. The number of carbonyl (C=O) groups is 1. The third-order valence-corrected chi connectivity index (χ3v) is 4.23. The maximum Gasteiger partial charge on any atom is 0.339 e. The van der Waals surface area contributed by atoms with Crippen LogP contribution in [-0.4, -0.2) is 23.0 Å². The number of aromatic nitrogens is 2. The number of hydrogen-bond acceptors (Lipinski definition) is 6. The quantitative estimate of drug-likeness (QED) is 0.607. The highest BCUT2D eigenvalue weighted by Gasteiger charge is 2.18. The largest absolute Gasteiger partial charge is 0.465 e. The van der Waals surface area contributed by atoms with E-state index in [1.54, 1.807) is 30.5 Å². The van der Waals surface area contributed by atoms with E-state index in [-0.39, 0.29) is 5.41 Å². The van der Waals surface area contributed by atoms with Crippen LogP contribution in [0.15, 0.2) is 60.8 Å². The summed E-state index contributed by atoms with van der Waals surface area (Å²) in [5, 5.41) is 6.47. The summed E-state index contributed by atoms with van der Waals surface area (Å²) in [7, 11) is 1.36. The van der Waals surface area contributed by atoms with Gasteiger partial charge < -0.3 is 15.4 Å². The minimum absolute atomic E-state index is 0.0150. The van der Waals surface area contributed by atoms with Gasteiger partial charge in [0.25, 0.3) is 0 Å². The summed E-state index contributed by atoms with van der Waals surface area (Å²) >= 11 is 0. The third kappa shape index (κ3) is 4.46. The molecule has 0 radical (unpaired) electrons. The van der Waals surface area contributed by atoms with E-state index >= 15 is 0 Å². The van der Waals surface area contributed by atoms with Gasteiger partial charge in [0.1, 0.15) is 5.82 Å². The van der Waals surface area contributed by atoms with Gasteiger partial charge in [-0.25, -0.2) is 9.78 Å². The number of esters is 1. The van der Waals surface area contributed by atoms with Gasteiger partial charge in [0.05, 0.1) is 18.4 Å². The number of carbonyl (C=O) groups excluding carboxylic acids is 1. The Morgan fingerprint density at radius 3 is 2.32 bits per heavy atom. The molecule has 0 aliphatic heterocycles. The van der Waals surface area contributed by atoms with E-state index in [0.29, 0.717) is 23.0 Å². The molecule has 0 saturated carbocycles. The zero-order valence-corrected chi connectivity index (χ0v) is 16.5. The Labute approximate surface area is 165 Å². The summed E-state index contributed by atoms with van der Waals surface area (Å²) in [5.74, 6) is 0.633. The monoisotopic (exact) mass is 376 g/mol. The van der Waals surface area contributed by atoms with Crippen molar-refractivity contribution in [1.29, 1.82) is 0 Å². The van der Waals surface area contributed by atoms with Crippen LogP contribution in [0, 0.1) is 0 Å². The Morgan fingerprint density at radius 1 is 0.929 bits per heavy atom. The third-order valence-electron chi connectivity index (χ3n) is 4.23. The lowest BCUT2D eigenvalue weighted by atomic mass is 9.86. The van der Waals surface area contributed by atoms with E-state index < -0.39 is 5.97 Å². The molecule has 1 aromatic heterocycles. The van der Waals surface area contributed by atoms with Gasteiger partial charge in [-0.2, -0.15) is 4.98 Å². The molecule has 3 rings (SSSR count). The average Bonchev–Trinajstić information content (AvgIpc) is 2.68. The fraction of sp³-hybridized carbons (Fsp3) is 0.227. The number of rotatable bonds is 5. The molecule has 0 fully saturated rings. The van der Waals surface area contributed by atoms with Crippen LogP contribution < -0.4 is 10.6 Å². The van der Waals surface area contributed by atoms with Crippen molar-refractivity contribution in [2.24, 2.45) is 0 Å². The van der Waals surface area contributed by atoms with E-state index in [4.69, 9.17) is 4.74 Å². The molecule has 1 heterocycles. The SMILES string of the molecule is COC(=O)c1ccccc1Nc1ccnc(Nc2ccccc2C(C)(C)C)n1. The lowest BCUT2D eigenvalue weighted by Crippen LogP contribution is -2.14. The standard InChI is InChI=1S/C22H24N4O2/c1-22(2,3)16-10-6-8-12-18(16)25-21-23-14-13-19(26-21)24-17-11-7-5-9-15(17)20(27)28-4/h5-14H,1-4H3,(H2,23,24,25,26). The molecule has 2 aromatic carbocycles. The number of benzene rings is 2. The first-order valence-corrected chi connectivity index (χ1v) is 9.02. The van der Waals surface area contributed by atoms with Crippen LogP contribution in [0.2, 0.25) is 0 Å². The van der Waals surface area contributed by atoms with Crippen LogP contribution in [0.5, 0.6) is 0 Å². The van der Waals surface area contributed by atoms with Gasteiger partial charge in [0.15, 0.2) is 0 Å². The predicted molar refractivity (Wildman–Crippen MR) is 112 cm³/mol. The van der Waals surface area contributed by atoms with E-state index in [1.807, 2.05) is 24.3 Å². The molecule has 0 bridgehead atoms. The summed E-state index contributed by atoms with van der Waals surface area (Å²) in [5.41, 5.74) is 3.18. The number of nitrogens with zero attached hydrogens (tertiary/aromatic N) is 2. The van der Waals surface area contributed by atoms with Gasteiger partial charge in [-0.15, -0.1) is 0 Å². The van der Waals surface area contributed by atoms with Crippen LogP contribution in [0.25, 0.3) is 0 Å². The van der Waals surface area contributed by atoms with Crippen LogP contribution in [0.4, 0.5) is 23.1 Å². The molecular weight excluding hydrogens is 352 g/mol. The van der Waals surface area contributed by atoms with Crippen molar-refractivity contribution in [3.63, 3.8) is 0 Å². The molecule has 3 aromatic rings. The van der Waals surface area contributed by atoms with Crippen molar-refractivity contribution >= 4 is 29.1 Å². The Kier molecular flexibility index (Phi) is 5.59. The molecular formula is C22H24N4O2. The number of nitrogens with one attached hydrogen (secondary N) is 2. The minimum Gasteiger partial charge on any atom is -0.465 e. The van der Waals surface area contributed by atoms with Gasteiger partial charge in [0.2, 0.25) is 5.95 Å². The molecule has 0 unspecified atom stereocenters. The number of methoxy groups -OCH3 is 1.